The Balaban J connectivity index is 1.50. The van der Waals surface area contributed by atoms with Crippen LogP contribution in [-0.4, -0.2) is 46.5 Å². The van der Waals surface area contributed by atoms with Gasteiger partial charge in [-0.1, -0.05) is 24.2 Å². The summed E-state index contributed by atoms with van der Waals surface area (Å²) in [5.41, 5.74) is 1.38. The fraction of sp³-hybridized carbons (Fsp3) is 0.389. The van der Waals surface area contributed by atoms with Gasteiger partial charge in [-0.15, -0.1) is 0 Å². The maximum Gasteiger partial charge on any atom is 0.259 e. The molecule has 4 rings (SSSR count). The van der Waals surface area contributed by atoms with Gasteiger partial charge in [0.05, 0.1) is 10.4 Å². The van der Waals surface area contributed by atoms with E-state index in [0.717, 1.165) is 24.6 Å². The first-order chi connectivity index (χ1) is 12.2. The van der Waals surface area contributed by atoms with Crippen molar-refractivity contribution in [3.05, 3.63) is 41.3 Å². The zero-order valence-corrected chi connectivity index (χ0v) is 15.2. The lowest BCUT2D eigenvalue weighted by atomic mass is 10.1. The quantitative estimate of drug-likeness (QED) is 0.721. The minimum Gasteiger partial charge on any atom is -0.361 e. The number of aryl methyl sites for hydroxylation is 2. The number of benzene rings is 1. The van der Waals surface area contributed by atoms with E-state index in [-0.39, 0.29) is 5.91 Å². The Bertz CT molecular complexity index is 909. The Hall–Kier alpha value is -2.41. The number of hydrogen-bond acceptors (Lipinski definition) is 6. The first-order valence-electron chi connectivity index (χ1n) is 8.52. The van der Waals surface area contributed by atoms with E-state index >= 15 is 0 Å². The van der Waals surface area contributed by atoms with Gasteiger partial charge >= 0.3 is 0 Å². The van der Waals surface area contributed by atoms with Crippen LogP contribution in [0.3, 0.4) is 0 Å². The summed E-state index contributed by atoms with van der Waals surface area (Å²) in [4.78, 5) is 17.0. The number of anilines is 1. The maximum atomic E-state index is 12.9. The second kappa shape index (κ2) is 6.48. The Morgan fingerprint density at radius 2 is 2.00 bits per heavy atom. The molecule has 1 aliphatic rings. The highest BCUT2D eigenvalue weighted by Crippen LogP contribution is 2.30. The van der Waals surface area contributed by atoms with Gasteiger partial charge in [-0.25, -0.2) is 0 Å². The van der Waals surface area contributed by atoms with Gasteiger partial charge in [0.2, 0.25) is 0 Å². The summed E-state index contributed by atoms with van der Waals surface area (Å²) >= 11 is 1.53. The lowest BCUT2D eigenvalue weighted by molar-refractivity contribution is 0.0744. The Kier molecular flexibility index (Phi) is 4.17. The molecule has 0 atom stereocenters. The molecule has 25 heavy (non-hydrogen) atoms. The molecule has 130 valence electrons. The summed E-state index contributed by atoms with van der Waals surface area (Å²) in [6.45, 7) is 6.71. The van der Waals surface area contributed by atoms with E-state index in [2.05, 4.69) is 26.6 Å². The van der Waals surface area contributed by atoms with Crippen molar-refractivity contribution in [1.29, 1.82) is 0 Å². The van der Waals surface area contributed by atoms with Crippen LogP contribution in [0.4, 0.5) is 5.82 Å². The molecule has 1 aliphatic heterocycles. The van der Waals surface area contributed by atoms with Gasteiger partial charge in [0.15, 0.2) is 0 Å². The molecule has 0 unspecified atom stereocenters. The van der Waals surface area contributed by atoms with Gasteiger partial charge < -0.3 is 14.3 Å². The molecule has 7 heteroatoms. The number of nitrogens with zero attached hydrogens (tertiary/aromatic N) is 4. The summed E-state index contributed by atoms with van der Waals surface area (Å²) < 4.78 is 11.0. The van der Waals surface area contributed by atoms with Crippen molar-refractivity contribution in [2.45, 2.75) is 20.3 Å². The molecule has 3 heterocycles. The highest BCUT2D eigenvalue weighted by molar-refractivity contribution is 7.13. The molecule has 0 N–H and O–H groups in total. The van der Waals surface area contributed by atoms with E-state index in [1.165, 1.54) is 21.6 Å². The van der Waals surface area contributed by atoms with Crippen molar-refractivity contribution < 1.29 is 9.32 Å². The normalized spacial score (nSPS) is 15.1. The molecule has 6 nitrogen and oxygen atoms in total. The van der Waals surface area contributed by atoms with Crippen molar-refractivity contribution in [3.8, 4) is 0 Å². The molecule has 0 bridgehead atoms. The monoisotopic (exact) mass is 356 g/mol. The molecule has 2 aromatic heterocycles. The molecule has 0 saturated carbocycles. The number of carbonyl (C=O) groups is 1. The van der Waals surface area contributed by atoms with Gasteiger partial charge in [0.25, 0.3) is 5.91 Å². The number of carbonyl (C=O) groups excluding carboxylic acids is 1. The first kappa shape index (κ1) is 16.1. The second-order valence-electron chi connectivity index (χ2n) is 6.20. The zero-order valence-electron chi connectivity index (χ0n) is 14.4. The number of piperazine rings is 1. The lowest BCUT2D eigenvalue weighted by Crippen LogP contribution is -2.49. The average Bonchev–Trinajstić information content (AvgIpc) is 3.24. The summed E-state index contributed by atoms with van der Waals surface area (Å²) in [6.07, 6.45) is 0.698. The second-order valence-corrected chi connectivity index (χ2v) is 7.00. The highest BCUT2D eigenvalue weighted by atomic mass is 32.1. The van der Waals surface area contributed by atoms with Crippen molar-refractivity contribution in [3.63, 3.8) is 0 Å². The number of aromatic nitrogens is 2. The molecule has 0 spiro atoms. The fourth-order valence-electron chi connectivity index (χ4n) is 3.31. The molecular weight excluding hydrogens is 336 g/mol. The number of amides is 1. The molecule has 1 aromatic carbocycles. The summed E-state index contributed by atoms with van der Waals surface area (Å²) in [5.74, 6) is 1.66. The van der Waals surface area contributed by atoms with Crippen molar-refractivity contribution in [2.24, 2.45) is 0 Å². The highest BCUT2D eigenvalue weighted by Gasteiger charge is 2.28. The largest absolute Gasteiger partial charge is 0.361 e. The Morgan fingerprint density at radius 3 is 2.76 bits per heavy atom. The molecule has 1 saturated heterocycles. The van der Waals surface area contributed by atoms with Crippen LogP contribution in [-0.2, 0) is 6.42 Å². The lowest BCUT2D eigenvalue weighted by Gasteiger charge is -2.35. The van der Waals surface area contributed by atoms with Gasteiger partial charge in [0.1, 0.15) is 17.1 Å². The van der Waals surface area contributed by atoms with Gasteiger partial charge in [0, 0.05) is 31.6 Å². The van der Waals surface area contributed by atoms with Crippen LogP contribution < -0.4 is 4.90 Å². The van der Waals surface area contributed by atoms with Crippen molar-refractivity contribution in [1.82, 2.24) is 14.4 Å². The standard InChI is InChI=1S/C18H20N4O2S/c1-3-14-16(12(2)24-19-14)18(23)22-10-8-21(9-11-22)17-13-6-4-5-7-15(13)25-20-17/h4-7H,3,8-11H2,1-2H3. The van der Waals surface area contributed by atoms with E-state index in [9.17, 15) is 4.79 Å². The van der Waals surface area contributed by atoms with Gasteiger partial charge in [-0.05, 0) is 37.0 Å². The molecule has 0 aliphatic carbocycles. The predicted octanol–water partition coefficient (Wildman–Crippen LogP) is 3.12. The molecule has 1 fully saturated rings. The van der Waals surface area contributed by atoms with Crippen molar-refractivity contribution in [2.75, 3.05) is 31.1 Å². The van der Waals surface area contributed by atoms with Crippen LogP contribution >= 0.6 is 11.5 Å². The minimum atomic E-state index is 0.0263. The van der Waals surface area contributed by atoms with E-state index in [4.69, 9.17) is 4.52 Å². The van der Waals surface area contributed by atoms with E-state index in [1.807, 2.05) is 24.0 Å². The van der Waals surface area contributed by atoms with E-state index in [0.29, 0.717) is 30.8 Å². The summed E-state index contributed by atoms with van der Waals surface area (Å²) in [6, 6.07) is 8.28. The number of rotatable bonds is 3. The topological polar surface area (TPSA) is 62.5 Å². The number of hydrogen-bond donors (Lipinski definition) is 0. The first-order valence-corrected chi connectivity index (χ1v) is 9.30. The van der Waals surface area contributed by atoms with Crippen LogP contribution in [0.2, 0.25) is 0 Å². The Morgan fingerprint density at radius 1 is 1.24 bits per heavy atom. The van der Waals surface area contributed by atoms with E-state index < -0.39 is 0 Å². The zero-order chi connectivity index (χ0) is 17.4. The van der Waals surface area contributed by atoms with Crippen molar-refractivity contribution >= 4 is 33.3 Å². The van der Waals surface area contributed by atoms with Crippen LogP contribution in [0.5, 0.6) is 0 Å². The third kappa shape index (κ3) is 2.78. The van der Waals surface area contributed by atoms with Crippen LogP contribution in [0.15, 0.2) is 28.8 Å². The average molecular weight is 356 g/mol. The Labute approximate surface area is 150 Å². The van der Waals surface area contributed by atoms with Crippen LogP contribution in [0, 0.1) is 6.92 Å². The smallest absolute Gasteiger partial charge is 0.259 e. The summed E-state index contributed by atoms with van der Waals surface area (Å²) in [5, 5.41) is 5.19. The molecule has 0 radical (unpaired) electrons. The van der Waals surface area contributed by atoms with Crippen LogP contribution in [0.25, 0.3) is 10.1 Å². The molecular formula is C18H20N4O2S. The predicted molar refractivity (Wildman–Crippen MR) is 98.4 cm³/mol. The fourth-order valence-corrected chi connectivity index (χ4v) is 4.11. The maximum absolute atomic E-state index is 12.9. The molecule has 1 amide bonds. The third-order valence-electron chi connectivity index (χ3n) is 4.71. The minimum absolute atomic E-state index is 0.0263. The third-order valence-corrected chi connectivity index (χ3v) is 5.52. The summed E-state index contributed by atoms with van der Waals surface area (Å²) in [7, 11) is 0. The van der Waals surface area contributed by atoms with Gasteiger partial charge in [-0.2, -0.15) is 4.37 Å². The van der Waals surface area contributed by atoms with Crippen LogP contribution in [0.1, 0.15) is 28.7 Å². The van der Waals surface area contributed by atoms with Gasteiger partial charge in [-0.3, -0.25) is 4.79 Å². The SMILES string of the molecule is CCc1noc(C)c1C(=O)N1CCN(c2nsc3ccccc23)CC1. The number of fused-ring (bicyclic) bond motifs is 1. The molecule has 3 aromatic rings. The van der Waals surface area contributed by atoms with E-state index in [1.54, 1.807) is 6.92 Å².